The number of hydrogen-bond donors (Lipinski definition) is 1. The molecule has 2 atom stereocenters. The second-order valence-corrected chi connectivity index (χ2v) is 6.25. The molecule has 1 aliphatic rings. The molecule has 0 amide bonds. The number of halogens is 1. The molecule has 0 bridgehead atoms. The average molecular weight is 281 g/mol. The lowest BCUT2D eigenvalue weighted by atomic mass is 10.0. The van der Waals surface area contributed by atoms with Crippen molar-refractivity contribution in [3.05, 3.63) is 28.8 Å². The SMILES string of the molecule is CCC(N)Cc1ccc(N(C)C(C)C2CC2)c(Cl)c1. The van der Waals surface area contributed by atoms with Crippen molar-refractivity contribution in [2.75, 3.05) is 11.9 Å². The molecule has 2 rings (SSSR count). The third-order valence-corrected chi connectivity index (χ3v) is 4.63. The monoisotopic (exact) mass is 280 g/mol. The van der Waals surface area contributed by atoms with Gasteiger partial charge in [0.15, 0.2) is 0 Å². The Hall–Kier alpha value is -0.730. The van der Waals surface area contributed by atoms with Gasteiger partial charge in [-0.25, -0.2) is 0 Å². The number of nitrogens with zero attached hydrogens (tertiary/aromatic N) is 1. The Bertz CT molecular complexity index is 429. The van der Waals surface area contributed by atoms with Gasteiger partial charge in [0.1, 0.15) is 0 Å². The quantitative estimate of drug-likeness (QED) is 0.857. The molecule has 1 aliphatic carbocycles. The van der Waals surface area contributed by atoms with Crippen molar-refractivity contribution in [1.82, 2.24) is 0 Å². The van der Waals surface area contributed by atoms with Crippen LogP contribution in [0.3, 0.4) is 0 Å². The second kappa shape index (κ2) is 6.15. The van der Waals surface area contributed by atoms with Crippen LogP contribution in [-0.2, 0) is 6.42 Å². The van der Waals surface area contributed by atoms with E-state index in [-0.39, 0.29) is 6.04 Å². The molecule has 2 unspecified atom stereocenters. The minimum atomic E-state index is 0.227. The summed E-state index contributed by atoms with van der Waals surface area (Å²) in [6, 6.07) is 7.17. The third-order valence-electron chi connectivity index (χ3n) is 4.33. The van der Waals surface area contributed by atoms with Crippen LogP contribution in [0.15, 0.2) is 18.2 Å². The van der Waals surface area contributed by atoms with Crippen LogP contribution in [0.25, 0.3) is 0 Å². The van der Waals surface area contributed by atoms with Crippen LogP contribution >= 0.6 is 11.6 Å². The number of rotatable bonds is 6. The summed E-state index contributed by atoms with van der Waals surface area (Å²) in [6.45, 7) is 4.40. The van der Waals surface area contributed by atoms with E-state index in [1.165, 1.54) is 18.4 Å². The van der Waals surface area contributed by atoms with E-state index < -0.39 is 0 Å². The Morgan fingerprint density at radius 1 is 1.42 bits per heavy atom. The molecule has 19 heavy (non-hydrogen) atoms. The smallest absolute Gasteiger partial charge is 0.0642 e. The maximum absolute atomic E-state index is 6.44. The van der Waals surface area contributed by atoms with E-state index in [1.54, 1.807) is 0 Å². The largest absolute Gasteiger partial charge is 0.370 e. The Morgan fingerprint density at radius 3 is 2.63 bits per heavy atom. The van der Waals surface area contributed by atoms with Crippen molar-refractivity contribution in [2.24, 2.45) is 11.7 Å². The van der Waals surface area contributed by atoms with E-state index in [0.717, 1.165) is 29.5 Å². The van der Waals surface area contributed by atoms with E-state index in [0.29, 0.717) is 6.04 Å². The minimum absolute atomic E-state index is 0.227. The Kier molecular flexibility index (Phi) is 4.75. The standard InChI is InChI=1S/C16H25ClN2/c1-4-14(18)9-12-5-8-16(15(17)10-12)19(3)11(2)13-6-7-13/h5,8,10-11,13-14H,4,6-7,9,18H2,1-3H3. The summed E-state index contributed by atoms with van der Waals surface area (Å²) in [5.74, 6) is 0.842. The average Bonchev–Trinajstić information content (AvgIpc) is 3.21. The molecule has 0 saturated heterocycles. The van der Waals surface area contributed by atoms with Crippen LogP contribution in [0.2, 0.25) is 5.02 Å². The highest BCUT2D eigenvalue weighted by molar-refractivity contribution is 6.33. The molecule has 0 heterocycles. The lowest BCUT2D eigenvalue weighted by Crippen LogP contribution is -2.30. The van der Waals surface area contributed by atoms with Crippen LogP contribution in [0.4, 0.5) is 5.69 Å². The Labute approximate surface area is 121 Å². The molecular weight excluding hydrogens is 256 g/mol. The molecule has 2 nitrogen and oxygen atoms in total. The zero-order valence-corrected chi connectivity index (χ0v) is 13.0. The van der Waals surface area contributed by atoms with Gasteiger partial charge < -0.3 is 10.6 Å². The summed E-state index contributed by atoms with van der Waals surface area (Å²) in [7, 11) is 2.14. The summed E-state index contributed by atoms with van der Waals surface area (Å²) < 4.78 is 0. The molecule has 2 N–H and O–H groups in total. The molecule has 0 spiro atoms. The number of benzene rings is 1. The summed E-state index contributed by atoms with van der Waals surface area (Å²) in [5, 5.41) is 0.843. The number of hydrogen-bond acceptors (Lipinski definition) is 2. The highest BCUT2D eigenvalue weighted by Gasteiger charge is 2.31. The normalized spacial score (nSPS) is 18.2. The summed E-state index contributed by atoms with van der Waals surface area (Å²) in [6.07, 6.45) is 4.61. The molecule has 3 heteroatoms. The first kappa shape index (κ1) is 14.7. The van der Waals surface area contributed by atoms with Gasteiger partial charge in [-0.05, 0) is 56.2 Å². The molecule has 1 fully saturated rings. The Morgan fingerprint density at radius 2 is 2.11 bits per heavy atom. The molecule has 1 aromatic rings. The fraction of sp³-hybridized carbons (Fsp3) is 0.625. The van der Waals surface area contributed by atoms with Gasteiger partial charge in [0, 0.05) is 19.1 Å². The van der Waals surface area contributed by atoms with Crippen molar-refractivity contribution in [2.45, 2.75) is 51.6 Å². The lowest BCUT2D eigenvalue weighted by Gasteiger charge is -2.28. The first-order chi connectivity index (χ1) is 9.02. The van der Waals surface area contributed by atoms with Gasteiger partial charge >= 0.3 is 0 Å². The van der Waals surface area contributed by atoms with Crippen LogP contribution in [0.5, 0.6) is 0 Å². The first-order valence-corrected chi connectivity index (χ1v) is 7.67. The second-order valence-electron chi connectivity index (χ2n) is 5.85. The predicted octanol–water partition coefficient (Wildman–Crippen LogP) is 3.85. The molecule has 0 aromatic heterocycles. The fourth-order valence-corrected chi connectivity index (χ4v) is 2.86. The zero-order valence-electron chi connectivity index (χ0n) is 12.2. The topological polar surface area (TPSA) is 29.3 Å². The first-order valence-electron chi connectivity index (χ1n) is 7.29. The number of anilines is 1. The molecular formula is C16H25ClN2. The van der Waals surface area contributed by atoms with Crippen LogP contribution in [0, 0.1) is 5.92 Å². The fourth-order valence-electron chi connectivity index (χ4n) is 2.52. The minimum Gasteiger partial charge on any atom is -0.370 e. The van der Waals surface area contributed by atoms with Gasteiger partial charge in [0.2, 0.25) is 0 Å². The van der Waals surface area contributed by atoms with Crippen molar-refractivity contribution in [1.29, 1.82) is 0 Å². The van der Waals surface area contributed by atoms with Crippen LogP contribution in [-0.4, -0.2) is 19.1 Å². The zero-order chi connectivity index (χ0) is 14.0. The van der Waals surface area contributed by atoms with Gasteiger partial charge in [0.05, 0.1) is 10.7 Å². The molecule has 1 saturated carbocycles. The van der Waals surface area contributed by atoms with Crippen molar-refractivity contribution >= 4 is 17.3 Å². The van der Waals surface area contributed by atoms with Crippen molar-refractivity contribution in [3.63, 3.8) is 0 Å². The van der Waals surface area contributed by atoms with Gasteiger partial charge in [-0.15, -0.1) is 0 Å². The van der Waals surface area contributed by atoms with Gasteiger partial charge in [-0.3, -0.25) is 0 Å². The molecule has 1 aromatic carbocycles. The van der Waals surface area contributed by atoms with Crippen molar-refractivity contribution < 1.29 is 0 Å². The lowest BCUT2D eigenvalue weighted by molar-refractivity contribution is 0.609. The van der Waals surface area contributed by atoms with E-state index in [1.807, 2.05) is 0 Å². The molecule has 0 aliphatic heterocycles. The number of nitrogens with two attached hydrogens (primary N) is 1. The van der Waals surface area contributed by atoms with Crippen molar-refractivity contribution in [3.8, 4) is 0 Å². The third kappa shape index (κ3) is 3.64. The van der Waals surface area contributed by atoms with E-state index in [4.69, 9.17) is 17.3 Å². The maximum Gasteiger partial charge on any atom is 0.0642 e. The predicted molar refractivity (Wildman–Crippen MR) is 84.0 cm³/mol. The summed E-state index contributed by atoms with van der Waals surface area (Å²) in [4.78, 5) is 2.31. The highest BCUT2D eigenvalue weighted by atomic mass is 35.5. The van der Waals surface area contributed by atoms with Crippen LogP contribution in [0.1, 0.15) is 38.7 Å². The van der Waals surface area contributed by atoms with Gasteiger partial charge in [-0.2, -0.15) is 0 Å². The van der Waals surface area contributed by atoms with E-state index >= 15 is 0 Å². The van der Waals surface area contributed by atoms with Gasteiger partial charge in [0.25, 0.3) is 0 Å². The van der Waals surface area contributed by atoms with Gasteiger partial charge in [-0.1, -0.05) is 24.6 Å². The summed E-state index contributed by atoms with van der Waals surface area (Å²) in [5.41, 5.74) is 8.36. The molecule has 0 radical (unpaired) electrons. The summed E-state index contributed by atoms with van der Waals surface area (Å²) >= 11 is 6.44. The highest BCUT2D eigenvalue weighted by Crippen LogP contribution is 2.38. The Balaban J connectivity index is 2.09. The van der Waals surface area contributed by atoms with Crippen LogP contribution < -0.4 is 10.6 Å². The molecule has 106 valence electrons. The van der Waals surface area contributed by atoms with E-state index in [9.17, 15) is 0 Å². The van der Waals surface area contributed by atoms with E-state index in [2.05, 4.69) is 44.0 Å². The maximum atomic E-state index is 6.44.